The van der Waals surface area contributed by atoms with E-state index < -0.39 is 7.92 Å². The summed E-state index contributed by atoms with van der Waals surface area (Å²) in [6, 6.07) is 11.6. The van der Waals surface area contributed by atoms with Crippen molar-refractivity contribution >= 4 is 19.0 Å². The number of carbonyl (C=O) groups is 1. The van der Waals surface area contributed by atoms with Crippen LogP contribution in [0.3, 0.4) is 0 Å². The van der Waals surface area contributed by atoms with Crippen molar-refractivity contribution in [2.24, 2.45) is 0 Å². The van der Waals surface area contributed by atoms with Gasteiger partial charge in [-0.2, -0.15) is 0 Å². The third-order valence-corrected chi connectivity index (χ3v) is 11.3. The Morgan fingerprint density at radius 1 is 0.706 bits per heavy atom. The van der Waals surface area contributed by atoms with Crippen molar-refractivity contribution in [2.45, 2.75) is 80.8 Å². The number of benzene rings is 3. The molecule has 0 spiro atoms. The van der Waals surface area contributed by atoms with Gasteiger partial charge in [0.25, 0.3) is 0 Å². The standard InChI is InChI=1S/C32H39OP/c1-18-15-19(2)24(7)30(23(18)6)28-11-10-12-29(31-25(8)20(3)16-21(4)26(31)9)32(28)34-14-13-27(33)17-22(34)5/h10-12,15-16,22H,13-14,17H2,1-9H3. The van der Waals surface area contributed by atoms with Gasteiger partial charge in [0.05, 0.1) is 0 Å². The zero-order valence-electron chi connectivity index (χ0n) is 22.4. The predicted molar refractivity (Wildman–Crippen MR) is 150 cm³/mol. The monoisotopic (exact) mass is 470 g/mol. The molecule has 3 aromatic carbocycles. The molecule has 0 aromatic heterocycles. The molecule has 0 radical (unpaired) electrons. The minimum Gasteiger partial charge on any atom is -0.300 e. The molecule has 0 aliphatic carbocycles. The van der Waals surface area contributed by atoms with Gasteiger partial charge in [0, 0.05) is 12.8 Å². The molecule has 1 fully saturated rings. The van der Waals surface area contributed by atoms with E-state index in [1.165, 1.54) is 72.1 Å². The Hall–Kier alpha value is -2.24. The second-order valence-electron chi connectivity index (χ2n) is 10.5. The molecule has 0 bridgehead atoms. The summed E-state index contributed by atoms with van der Waals surface area (Å²) in [7, 11) is -0.452. The maximum absolute atomic E-state index is 12.4. The van der Waals surface area contributed by atoms with E-state index in [9.17, 15) is 4.79 Å². The summed E-state index contributed by atoms with van der Waals surface area (Å²) in [5.74, 6) is 0.433. The van der Waals surface area contributed by atoms with Crippen molar-refractivity contribution in [2.75, 3.05) is 6.16 Å². The van der Waals surface area contributed by atoms with Crippen molar-refractivity contribution in [3.8, 4) is 22.3 Å². The van der Waals surface area contributed by atoms with Crippen LogP contribution in [0.4, 0.5) is 0 Å². The lowest BCUT2D eigenvalue weighted by Gasteiger charge is -2.34. The summed E-state index contributed by atoms with van der Waals surface area (Å²) in [6.45, 7) is 20.4. The Morgan fingerprint density at radius 2 is 1.12 bits per heavy atom. The van der Waals surface area contributed by atoms with Crippen LogP contribution in [0.25, 0.3) is 22.3 Å². The topological polar surface area (TPSA) is 17.1 Å². The van der Waals surface area contributed by atoms with Gasteiger partial charge in [-0.15, -0.1) is 0 Å². The van der Waals surface area contributed by atoms with E-state index in [1.807, 2.05) is 0 Å². The van der Waals surface area contributed by atoms with Gasteiger partial charge in [-0.05, 0) is 139 Å². The minimum absolute atomic E-state index is 0.411. The van der Waals surface area contributed by atoms with Crippen LogP contribution >= 0.6 is 7.92 Å². The van der Waals surface area contributed by atoms with E-state index in [0.717, 1.165) is 19.0 Å². The lowest BCUT2D eigenvalue weighted by atomic mass is 9.86. The first-order valence-electron chi connectivity index (χ1n) is 12.6. The summed E-state index contributed by atoms with van der Waals surface area (Å²) in [5.41, 5.74) is 16.9. The molecule has 1 nitrogen and oxygen atoms in total. The van der Waals surface area contributed by atoms with E-state index in [2.05, 4.69) is 92.6 Å². The molecule has 1 heterocycles. The first-order chi connectivity index (χ1) is 16.0. The van der Waals surface area contributed by atoms with E-state index in [4.69, 9.17) is 0 Å². The number of hydrogen-bond acceptors (Lipinski definition) is 1. The van der Waals surface area contributed by atoms with E-state index in [1.54, 1.807) is 0 Å². The Kier molecular flexibility index (Phi) is 6.90. The molecular weight excluding hydrogens is 431 g/mol. The van der Waals surface area contributed by atoms with Gasteiger partial charge in [-0.25, -0.2) is 0 Å². The number of ketones is 1. The Labute approximate surface area is 207 Å². The fraction of sp³-hybridized carbons (Fsp3) is 0.406. The fourth-order valence-corrected chi connectivity index (χ4v) is 8.85. The second kappa shape index (κ2) is 9.43. The highest BCUT2D eigenvalue weighted by atomic mass is 31.1. The van der Waals surface area contributed by atoms with E-state index in [0.29, 0.717) is 11.4 Å². The molecule has 2 heteroatoms. The summed E-state index contributed by atoms with van der Waals surface area (Å²) in [4.78, 5) is 12.4. The average Bonchev–Trinajstić information content (AvgIpc) is 2.77. The van der Waals surface area contributed by atoms with Crippen molar-refractivity contribution in [1.82, 2.24) is 0 Å². The molecule has 0 saturated carbocycles. The van der Waals surface area contributed by atoms with Crippen LogP contribution in [0.5, 0.6) is 0 Å². The van der Waals surface area contributed by atoms with Gasteiger partial charge >= 0.3 is 0 Å². The molecule has 2 unspecified atom stereocenters. The summed E-state index contributed by atoms with van der Waals surface area (Å²) < 4.78 is 0. The summed E-state index contributed by atoms with van der Waals surface area (Å²) >= 11 is 0. The lowest BCUT2D eigenvalue weighted by molar-refractivity contribution is -0.118. The highest BCUT2D eigenvalue weighted by Gasteiger charge is 2.32. The van der Waals surface area contributed by atoms with Gasteiger partial charge in [0.15, 0.2) is 0 Å². The number of rotatable bonds is 3. The minimum atomic E-state index is -0.452. The molecule has 0 N–H and O–H groups in total. The van der Waals surface area contributed by atoms with Gasteiger partial charge in [-0.3, -0.25) is 4.79 Å². The van der Waals surface area contributed by atoms with Gasteiger partial charge in [0.1, 0.15) is 5.78 Å². The number of hydrogen-bond donors (Lipinski definition) is 0. The van der Waals surface area contributed by atoms with Crippen LogP contribution in [0.1, 0.15) is 64.3 Å². The largest absolute Gasteiger partial charge is 0.300 e. The fourth-order valence-electron chi connectivity index (χ4n) is 5.84. The number of aryl methyl sites for hydroxylation is 4. The van der Waals surface area contributed by atoms with Crippen LogP contribution in [0, 0.1) is 55.4 Å². The molecular formula is C32H39OP. The van der Waals surface area contributed by atoms with Crippen molar-refractivity contribution < 1.29 is 4.79 Å². The number of carbonyl (C=O) groups excluding carboxylic acids is 1. The highest BCUT2D eigenvalue weighted by Crippen LogP contribution is 2.51. The molecule has 1 aliphatic rings. The highest BCUT2D eigenvalue weighted by molar-refractivity contribution is 7.67. The predicted octanol–water partition coefficient (Wildman–Crippen LogP) is 8.35. The van der Waals surface area contributed by atoms with Crippen molar-refractivity contribution in [3.05, 3.63) is 74.8 Å². The van der Waals surface area contributed by atoms with Crippen LogP contribution in [-0.4, -0.2) is 17.6 Å². The normalized spacial score (nSPS) is 18.4. The summed E-state index contributed by atoms with van der Waals surface area (Å²) in [6.07, 6.45) is 2.44. The molecule has 1 aliphatic heterocycles. The zero-order chi connectivity index (χ0) is 24.9. The SMILES string of the molecule is Cc1cc(C)c(C)c(-c2cccc(-c3c(C)c(C)cc(C)c3C)c2P2CCC(=O)CC2C)c1C. The lowest BCUT2D eigenvalue weighted by Crippen LogP contribution is -2.26. The molecule has 34 heavy (non-hydrogen) atoms. The first kappa shape index (κ1) is 24.9. The first-order valence-corrected chi connectivity index (χ1v) is 14.2. The molecule has 3 aromatic rings. The van der Waals surface area contributed by atoms with Crippen molar-refractivity contribution in [1.29, 1.82) is 0 Å². The van der Waals surface area contributed by atoms with Gasteiger partial charge < -0.3 is 0 Å². The molecule has 4 rings (SSSR count). The maximum atomic E-state index is 12.4. The zero-order valence-corrected chi connectivity index (χ0v) is 23.3. The molecule has 2 atom stereocenters. The average molecular weight is 471 g/mol. The third-order valence-electron chi connectivity index (χ3n) is 8.28. The van der Waals surface area contributed by atoms with E-state index in [-0.39, 0.29) is 0 Å². The summed E-state index contributed by atoms with van der Waals surface area (Å²) in [5, 5.41) is 1.52. The quantitative estimate of drug-likeness (QED) is 0.352. The van der Waals surface area contributed by atoms with Crippen molar-refractivity contribution in [3.63, 3.8) is 0 Å². The maximum Gasteiger partial charge on any atom is 0.133 e. The Balaban J connectivity index is 2.13. The van der Waals surface area contributed by atoms with Crippen LogP contribution in [0.15, 0.2) is 30.3 Å². The van der Waals surface area contributed by atoms with Crippen LogP contribution in [0.2, 0.25) is 0 Å². The molecule has 178 valence electrons. The smallest absolute Gasteiger partial charge is 0.133 e. The van der Waals surface area contributed by atoms with Gasteiger partial charge in [0.2, 0.25) is 0 Å². The molecule has 0 amide bonds. The second-order valence-corrected chi connectivity index (χ2v) is 13.2. The van der Waals surface area contributed by atoms with E-state index >= 15 is 0 Å². The number of Topliss-reactive ketones (excluding diaryl/α,β-unsaturated/α-hetero) is 1. The van der Waals surface area contributed by atoms with Gasteiger partial charge in [-0.1, -0.05) is 45.2 Å². The third kappa shape index (κ3) is 4.18. The van der Waals surface area contributed by atoms with Crippen LogP contribution in [-0.2, 0) is 4.79 Å². The van der Waals surface area contributed by atoms with Crippen LogP contribution < -0.4 is 5.30 Å². The Bertz CT molecular complexity index is 1160. The Morgan fingerprint density at radius 3 is 1.50 bits per heavy atom. The molecule has 1 saturated heterocycles.